The van der Waals surface area contributed by atoms with Gasteiger partial charge in [-0.15, -0.1) is 0 Å². The van der Waals surface area contributed by atoms with Crippen LogP contribution in [0.2, 0.25) is 0 Å². The Morgan fingerprint density at radius 3 is 1.94 bits per heavy atom. The van der Waals surface area contributed by atoms with E-state index < -0.39 is 40.0 Å². The van der Waals surface area contributed by atoms with E-state index in [2.05, 4.69) is 0 Å². The van der Waals surface area contributed by atoms with Gasteiger partial charge in [0.2, 0.25) is 0 Å². The minimum atomic E-state index is -1.68. The lowest BCUT2D eigenvalue weighted by molar-refractivity contribution is -0.152. The number of carboxylic acid groups (broad SMARTS) is 1. The van der Waals surface area contributed by atoms with Gasteiger partial charge in [0.15, 0.2) is 11.6 Å². The summed E-state index contributed by atoms with van der Waals surface area (Å²) in [5, 5.41) is 21.2. The number of hydrogen-bond donors (Lipinski definition) is 2. The Morgan fingerprint density at radius 2 is 1.50 bits per heavy atom. The number of aliphatic carboxylic acids is 1. The number of ketones is 3. The fourth-order valence-electron chi connectivity index (χ4n) is 4.57. The second-order valence-electron chi connectivity index (χ2n) is 11.3. The number of rotatable bonds is 13. The molecule has 0 fully saturated rings. The molecule has 182 valence electrons. The molecule has 0 bridgehead atoms. The molecule has 2 atom stereocenters. The summed E-state index contributed by atoms with van der Waals surface area (Å²) in [7, 11) is 0. The molecule has 0 aliphatic heterocycles. The third kappa shape index (κ3) is 6.08. The molecule has 0 aromatic heterocycles. The molecule has 0 amide bonds. The van der Waals surface area contributed by atoms with Crippen LogP contribution >= 0.6 is 0 Å². The van der Waals surface area contributed by atoms with Gasteiger partial charge in [0, 0.05) is 18.8 Å². The molecule has 6 heteroatoms. The Kier molecular flexibility index (Phi) is 9.43. The molecule has 0 aromatic carbocycles. The maximum Gasteiger partial charge on any atom is 0.309 e. The Morgan fingerprint density at radius 1 is 0.969 bits per heavy atom. The molecule has 0 saturated carbocycles. The highest BCUT2D eigenvalue weighted by atomic mass is 16.4. The van der Waals surface area contributed by atoms with Crippen LogP contribution in [-0.2, 0) is 19.2 Å². The lowest BCUT2D eigenvalue weighted by atomic mass is 9.62. The summed E-state index contributed by atoms with van der Waals surface area (Å²) < 4.78 is 0. The van der Waals surface area contributed by atoms with Crippen molar-refractivity contribution in [3.63, 3.8) is 0 Å². The Labute approximate surface area is 192 Å². The highest BCUT2D eigenvalue weighted by Gasteiger charge is 2.61. The minimum absolute atomic E-state index is 0.0215. The summed E-state index contributed by atoms with van der Waals surface area (Å²) in [6.07, 6.45) is 1.49. The van der Waals surface area contributed by atoms with Crippen molar-refractivity contribution in [1.82, 2.24) is 0 Å². The molecule has 0 aromatic rings. The van der Waals surface area contributed by atoms with Crippen LogP contribution in [-0.4, -0.2) is 33.5 Å². The summed E-state index contributed by atoms with van der Waals surface area (Å²) >= 11 is 0. The molecule has 6 nitrogen and oxygen atoms in total. The quantitative estimate of drug-likeness (QED) is 0.357. The van der Waals surface area contributed by atoms with E-state index in [-0.39, 0.29) is 48.4 Å². The third-order valence-corrected chi connectivity index (χ3v) is 6.47. The smallest absolute Gasteiger partial charge is 0.309 e. The van der Waals surface area contributed by atoms with Crippen LogP contribution < -0.4 is 0 Å². The van der Waals surface area contributed by atoms with Gasteiger partial charge < -0.3 is 10.2 Å². The summed E-state index contributed by atoms with van der Waals surface area (Å²) in [6.45, 7) is 14.6. The third-order valence-electron chi connectivity index (χ3n) is 6.47. The average Bonchev–Trinajstić information content (AvgIpc) is 2.84. The number of allylic oxidation sites excluding steroid dienone is 2. The second-order valence-corrected chi connectivity index (χ2v) is 11.3. The maximum absolute atomic E-state index is 13.7. The number of carboxylic acids is 1. The Bertz CT molecular complexity index is 771. The summed E-state index contributed by atoms with van der Waals surface area (Å²) in [5.41, 5.74) is -3.33. The molecule has 0 heterocycles. The Balaban J connectivity index is 3.74. The maximum atomic E-state index is 13.7. The first kappa shape index (κ1) is 28.1. The van der Waals surface area contributed by atoms with E-state index >= 15 is 0 Å². The number of Topliss-reactive ketones (excluding diaryl/α,β-unsaturated/α-hetero) is 3. The number of carbonyl (C=O) groups is 4. The van der Waals surface area contributed by atoms with Crippen molar-refractivity contribution in [2.24, 2.45) is 34.5 Å². The lowest BCUT2D eigenvalue weighted by Crippen LogP contribution is -2.45. The standard InChI is InChI=1S/C26H42O6/c1-15(2)9-11-18-22(29)21(19(27)13-17(5)6)23(30)26(18,14-25(7,8)24(31)32)20(28)12-10-16(3)4/h15-18,30H,9-14H2,1-8H3,(H,31,32)/t18-,26+/m0/s1. The van der Waals surface area contributed by atoms with E-state index in [1.54, 1.807) is 0 Å². The van der Waals surface area contributed by atoms with Crippen molar-refractivity contribution >= 4 is 23.3 Å². The van der Waals surface area contributed by atoms with Crippen molar-refractivity contribution in [2.75, 3.05) is 0 Å². The normalized spacial score (nSPS) is 21.8. The molecular formula is C26H42O6. The molecule has 32 heavy (non-hydrogen) atoms. The first-order valence-corrected chi connectivity index (χ1v) is 11.9. The largest absolute Gasteiger partial charge is 0.510 e. The van der Waals surface area contributed by atoms with Crippen LogP contribution in [0.4, 0.5) is 0 Å². The number of aliphatic hydroxyl groups excluding tert-OH is 1. The van der Waals surface area contributed by atoms with Crippen molar-refractivity contribution in [2.45, 2.75) is 93.9 Å². The van der Waals surface area contributed by atoms with Crippen molar-refractivity contribution in [3.8, 4) is 0 Å². The topological polar surface area (TPSA) is 109 Å². The highest BCUT2D eigenvalue weighted by molar-refractivity contribution is 6.25. The first-order chi connectivity index (χ1) is 14.6. The number of hydrogen-bond acceptors (Lipinski definition) is 5. The molecule has 0 unspecified atom stereocenters. The number of carbonyl (C=O) groups excluding carboxylic acids is 3. The lowest BCUT2D eigenvalue weighted by Gasteiger charge is -2.38. The molecule has 1 aliphatic rings. The molecular weight excluding hydrogens is 408 g/mol. The molecule has 0 spiro atoms. The zero-order chi connectivity index (χ0) is 25.0. The van der Waals surface area contributed by atoms with Crippen molar-refractivity contribution in [3.05, 3.63) is 11.3 Å². The van der Waals surface area contributed by atoms with Gasteiger partial charge in [-0.25, -0.2) is 0 Å². The molecule has 1 rings (SSSR count). The zero-order valence-corrected chi connectivity index (χ0v) is 21.1. The van der Waals surface area contributed by atoms with E-state index in [4.69, 9.17) is 0 Å². The number of aliphatic hydroxyl groups is 1. The Hall–Kier alpha value is -1.98. The predicted octanol–water partition coefficient (Wildman–Crippen LogP) is 5.54. The monoisotopic (exact) mass is 450 g/mol. The van der Waals surface area contributed by atoms with E-state index in [9.17, 15) is 29.4 Å². The fourth-order valence-corrected chi connectivity index (χ4v) is 4.57. The summed E-state index contributed by atoms with van der Waals surface area (Å²) in [6, 6.07) is 0. The van der Waals surface area contributed by atoms with Crippen molar-refractivity contribution < 1.29 is 29.4 Å². The predicted molar refractivity (Wildman–Crippen MR) is 124 cm³/mol. The van der Waals surface area contributed by atoms with Crippen molar-refractivity contribution in [1.29, 1.82) is 0 Å². The molecule has 2 N–H and O–H groups in total. The highest BCUT2D eigenvalue weighted by Crippen LogP contribution is 2.54. The van der Waals surface area contributed by atoms with Gasteiger partial charge in [-0.1, -0.05) is 48.0 Å². The van der Waals surface area contributed by atoms with E-state index in [0.717, 1.165) is 0 Å². The molecule has 0 radical (unpaired) electrons. The van der Waals surface area contributed by atoms with Crippen LogP contribution in [0, 0.1) is 34.5 Å². The van der Waals surface area contributed by atoms with Gasteiger partial charge in [0.05, 0.1) is 16.4 Å². The van der Waals surface area contributed by atoms with E-state index in [0.29, 0.717) is 19.3 Å². The van der Waals surface area contributed by atoms with Gasteiger partial charge in [-0.2, -0.15) is 0 Å². The van der Waals surface area contributed by atoms with Gasteiger partial charge in [-0.05, 0) is 50.9 Å². The van der Waals surface area contributed by atoms with Crippen LogP contribution in [0.1, 0.15) is 93.9 Å². The second kappa shape index (κ2) is 10.8. The minimum Gasteiger partial charge on any atom is -0.510 e. The van der Waals surface area contributed by atoms with Gasteiger partial charge in [-0.3, -0.25) is 19.2 Å². The average molecular weight is 451 g/mol. The summed E-state index contributed by atoms with van der Waals surface area (Å²) in [5.74, 6) is -3.40. The van der Waals surface area contributed by atoms with Crippen LogP contribution in [0.15, 0.2) is 11.3 Å². The first-order valence-electron chi connectivity index (χ1n) is 11.9. The molecule has 0 saturated heterocycles. The van der Waals surface area contributed by atoms with E-state index in [1.165, 1.54) is 13.8 Å². The van der Waals surface area contributed by atoms with Crippen LogP contribution in [0.5, 0.6) is 0 Å². The van der Waals surface area contributed by atoms with Crippen LogP contribution in [0.25, 0.3) is 0 Å². The zero-order valence-electron chi connectivity index (χ0n) is 21.1. The van der Waals surface area contributed by atoms with Gasteiger partial charge >= 0.3 is 5.97 Å². The SMILES string of the molecule is CC(C)CCC(=O)[C@]1(CC(C)(C)C(=O)O)C(O)=C(C(=O)CC(C)C)C(=O)[C@@H]1CCC(C)C. The van der Waals surface area contributed by atoms with E-state index in [1.807, 2.05) is 41.5 Å². The summed E-state index contributed by atoms with van der Waals surface area (Å²) in [4.78, 5) is 52.2. The molecule has 1 aliphatic carbocycles. The van der Waals surface area contributed by atoms with Gasteiger partial charge in [0.1, 0.15) is 11.5 Å². The fraction of sp³-hybridized carbons (Fsp3) is 0.769. The van der Waals surface area contributed by atoms with Gasteiger partial charge in [0.25, 0.3) is 0 Å². The van der Waals surface area contributed by atoms with Crippen LogP contribution in [0.3, 0.4) is 0 Å².